The monoisotopic (exact) mass is 786 g/mol. The Morgan fingerprint density at radius 1 is 0.660 bits per heavy atom. The van der Waals surface area contributed by atoms with E-state index in [-0.39, 0.29) is 20.4 Å². The van der Waals surface area contributed by atoms with Crippen LogP contribution in [0.5, 0.6) is 17.2 Å². The molecule has 13 heteroatoms. The largest absolute Gasteiger partial charge is 0.497 e. The fraction of sp³-hybridized carbons (Fsp3) is 0.118. The zero-order chi connectivity index (χ0) is 33.7. The molecule has 0 spiro atoms. The van der Waals surface area contributed by atoms with Crippen LogP contribution in [0.4, 0.5) is 5.69 Å². The fourth-order valence-corrected chi connectivity index (χ4v) is 6.92. The second-order valence-electron chi connectivity index (χ2n) is 9.62. The molecule has 0 radical (unpaired) electrons. The molecule has 0 aliphatic carbocycles. The van der Waals surface area contributed by atoms with Crippen molar-refractivity contribution < 1.29 is 55.5 Å². The molecule has 0 saturated carbocycles. The van der Waals surface area contributed by atoms with Crippen LogP contribution in [-0.2, 0) is 40.7 Å². The summed E-state index contributed by atoms with van der Waals surface area (Å²) in [5.41, 5.74) is 8.72. The number of para-hydroxylation sites is 1. The topological polar surface area (TPSA) is 142 Å². The van der Waals surface area contributed by atoms with Gasteiger partial charge in [0.15, 0.2) is 0 Å². The number of hydrogen-bond donors (Lipinski definition) is 2. The third-order valence-corrected chi connectivity index (χ3v) is 8.79. The molecule has 3 N–H and O–H groups in total. The van der Waals surface area contributed by atoms with E-state index in [0.717, 1.165) is 50.5 Å². The number of benzene rings is 5. The van der Waals surface area contributed by atoms with Gasteiger partial charge >= 0.3 is 10.1 Å². The van der Waals surface area contributed by atoms with Crippen LogP contribution in [0.1, 0.15) is 0 Å². The molecule has 47 heavy (non-hydrogen) atoms. The summed E-state index contributed by atoms with van der Waals surface area (Å²) in [5, 5.41) is 3.09. The molecule has 9 nitrogen and oxygen atoms in total. The maximum atomic E-state index is 11.5. The predicted molar refractivity (Wildman–Crippen MR) is 186 cm³/mol. The molecule has 0 fully saturated rings. The van der Waals surface area contributed by atoms with Gasteiger partial charge < -0.3 is 19.4 Å². The molecular weight excluding hydrogens is 752 g/mol. The molecule has 0 aliphatic rings. The van der Waals surface area contributed by atoms with E-state index in [4.69, 9.17) is 23.9 Å². The van der Waals surface area contributed by atoms with E-state index in [1.54, 1.807) is 32.4 Å². The Labute approximate surface area is 292 Å². The second-order valence-corrected chi connectivity index (χ2v) is 14.9. The maximum Gasteiger partial charge on any atom is 0.306 e. The maximum absolute atomic E-state index is 11.5. The molecule has 0 saturated heterocycles. The first-order valence-corrected chi connectivity index (χ1v) is 18.6. The van der Waals surface area contributed by atoms with E-state index in [1.165, 1.54) is 0 Å². The number of nitrogens with two attached hydrogens (primary N) is 1. The average molecular weight is 787 g/mol. The zero-order valence-electron chi connectivity index (χ0n) is 26.0. The molecule has 5 aromatic rings. The Bertz CT molecular complexity index is 1890. The van der Waals surface area contributed by atoms with Gasteiger partial charge in [0.05, 0.1) is 26.7 Å². The number of hydrogen-bond acceptors (Lipinski definition) is 8. The van der Waals surface area contributed by atoms with Gasteiger partial charge in [-0.1, -0.05) is 60.2 Å². The zero-order valence-corrected chi connectivity index (χ0v) is 30.1. The van der Waals surface area contributed by atoms with Crippen LogP contribution >= 0.6 is 7.92 Å². The van der Waals surface area contributed by atoms with Crippen LogP contribution in [0.3, 0.4) is 0 Å². The van der Waals surface area contributed by atoms with Gasteiger partial charge in [0.2, 0.25) is 0 Å². The molecule has 0 atom stereocenters. The molecular formula is C34H35NO8PPdS2-. The molecule has 0 amide bonds. The van der Waals surface area contributed by atoms with Crippen molar-refractivity contribution in [1.29, 1.82) is 0 Å². The molecule has 5 aromatic carbocycles. The van der Waals surface area contributed by atoms with Gasteiger partial charge in [-0.25, -0.2) is 0 Å². The summed E-state index contributed by atoms with van der Waals surface area (Å²) < 4.78 is 64.8. The van der Waals surface area contributed by atoms with Crippen molar-refractivity contribution >= 4 is 49.8 Å². The van der Waals surface area contributed by atoms with Crippen molar-refractivity contribution in [1.82, 2.24) is 0 Å². The summed E-state index contributed by atoms with van der Waals surface area (Å²) in [5.74, 6) is 1.81. The van der Waals surface area contributed by atoms with Crippen molar-refractivity contribution in [3.8, 4) is 28.4 Å². The summed E-state index contributed by atoms with van der Waals surface area (Å²) in [4.78, 5) is 0. The van der Waals surface area contributed by atoms with Crippen molar-refractivity contribution in [2.75, 3.05) is 32.5 Å². The van der Waals surface area contributed by atoms with E-state index >= 15 is 0 Å². The number of ether oxygens (including phenoxy) is 2. The molecule has 0 heterocycles. The van der Waals surface area contributed by atoms with Gasteiger partial charge in [0, 0.05) is 20.4 Å². The Hall–Kier alpha value is -3.75. The smallest absolute Gasteiger partial charge is 0.306 e. The number of methoxy groups -OCH3 is 2. The number of nitrogen functional groups attached to an aromatic ring is 1. The second kappa shape index (κ2) is 18.6. The minimum absolute atomic E-state index is 0. The minimum Gasteiger partial charge on any atom is -0.497 e. The SMILES string of the molecule is COc1cccc(P(c2cccc(OC)c2)c2cccc(OS(C)(=O)=O)c2)c1.CS(=O)(=O)O.Nc1ccccc1-c1[c-]cccc1.[Pd]. The van der Waals surface area contributed by atoms with Crippen LogP contribution in [0.15, 0.2) is 121 Å². The van der Waals surface area contributed by atoms with E-state index in [2.05, 4.69) is 6.07 Å². The molecule has 0 aromatic heterocycles. The van der Waals surface area contributed by atoms with Crippen LogP contribution in [0.2, 0.25) is 0 Å². The summed E-state index contributed by atoms with van der Waals surface area (Å²) in [6.45, 7) is 0. The Balaban J connectivity index is 0.000000334. The Morgan fingerprint density at radius 2 is 1.11 bits per heavy atom. The molecule has 0 unspecified atom stereocenters. The summed E-state index contributed by atoms with van der Waals surface area (Å²) >= 11 is 0. The van der Waals surface area contributed by atoms with Gasteiger partial charge in [-0.2, -0.15) is 16.8 Å². The van der Waals surface area contributed by atoms with E-state index in [9.17, 15) is 16.8 Å². The van der Waals surface area contributed by atoms with Crippen molar-refractivity contribution in [2.45, 2.75) is 0 Å². The van der Waals surface area contributed by atoms with E-state index in [0.29, 0.717) is 12.0 Å². The Kier molecular flexibility index (Phi) is 15.6. The van der Waals surface area contributed by atoms with Crippen LogP contribution < -0.4 is 35.3 Å². The van der Waals surface area contributed by atoms with E-state index in [1.807, 2.05) is 103 Å². The summed E-state index contributed by atoms with van der Waals surface area (Å²) in [7, 11) is -4.99. The fourth-order valence-electron chi connectivity index (χ4n) is 4.10. The third-order valence-electron chi connectivity index (χ3n) is 5.91. The van der Waals surface area contributed by atoms with E-state index < -0.39 is 28.2 Å². The predicted octanol–water partition coefficient (Wildman–Crippen LogP) is 5.04. The average Bonchev–Trinajstić information content (AvgIpc) is 3.01. The Morgan fingerprint density at radius 3 is 1.53 bits per heavy atom. The third kappa shape index (κ3) is 13.9. The van der Waals surface area contributed by atoms with Crippen LogP contribution in [0.25, 0.3) is 11.1 Å². The quantitative estimate of drug-likeness (QED) is 0.0553. The first-order chi connectivity index (χ1) is 21.8. The van der Waals surface area contributed by atoms with Crippen LogP contribution in [-0.4, -0.2) is 48.1 Å². The van der Waals surface area contributed by atoms with Gasteiger partial charge in [-0.05, 0) is 72.0 Å². The van der Waals surface area contributed by atoms with Gasteiger partial charge in [0.1, 0.15) is 17.2 Å². The molecule has 252 valence electrons. The standard InChI is InChI=1S/C21H21O5PS.C12H10N.CH4O3S.Pd/c1-24-16-7-4-10-19(13-16)27(20-11-5-8-17(14-20)25-2)21-12-6-9-18(15-21)26-28(3,22)23;13-12-9-5-4-8-11(12)10-6-2-1-3-7-10;1-5(2,3)4;/h4-15H,1-3H3;1-6,8-9H,13H2;1H3,(H,2,3,4);/q;-1;;. The normalized spacial score (nSPS) is 10.7. The molecule has 0 aliphatic heterocycles. The van der Waals surface area contributed by atoms with Gasteiger partial charge in [-0.15, -0.1) is 35.9 Å². The van der Waals surface area contributed by atoms with Gasteiger partial charge in [-0.3, -0.25) is 4.55 Å². The number of rotatable bonds is 8. The molecule has 0 bridgehead atoms. The minimum atomic E-state index is -3.67. The van der Waals surface area contributed by atoms with Crippen molar-refractivity contribution in [3.05, 3.63) is 127 Å². The van der Waals surface area contributed by atoms with Crippen molar-refractivity contribution in [2.24, 2.45) is 0 Å². The first kappa shape index (κ1) is 39.4. The summed E-state index contributed by atoms with van der Waals surface area (Å²) in [6.07, 6.45) is 1.75. The molecule has 5 rings (SSSR count). The summed E-state index contributed by atoms with van der Waals surface area (Å²) in [6, 6.07) is 41.7. The van der Waals surface area contributed by atoms with Crippen molar-refractivity contribution in [3.63, 3.8) is 0 Å². The van der Waals surface area contributed by atoms with Gasteiger partial charge in [0.25, 0.3) is 10.1 Å². The first-order valence-electron chi connectivity index (χ1n) is 13.6. The van der Waals surface area contributed by atoms with Crippen LogP contribution in [0, 0.1) is 6.07 Å². The number of anilines is 1.